The quantitative estimate of drug-likeness (QED) is 0.540. The summed E-state index contributed by atoms with van der Waals surface area (Å²) in [6, 6.07) is 0. The molecule has 9 heavy (non-hydrogen) atoms. The third-order valence-corrected chi connectivity index (χ3v) is 1.24. The number of aldehydes is 1. The van der Waals surface area contributed by atoms with Crippen molar-refractivity contribution >= 4 is 6.29 Å². The van der Waals surface area contributed by atoms with Crippen LogP contribution in [0.4, 0.5) is 0 Å². The molecule has 0 saturated heterocycles. The normalized spacial score (nSPS) is 7.44. The van der Waals surface area contributed by atoms with Gasteiger partial charge in [0.2, 0.25) is 0 Å². The molecule has 0 saturated carbocycles. The van der Waals surface area contributed by atoms with Crippen molar-refractivity contribution in [3.8, 4) is 0 Å². The van der Waals surface area contributed by atoms with Crippen molar-refractivity contribution in [3.63, 3.8) is 0 Å². The van der Waals surface area contributed by atoms with Crippen molar-refractivity contribution in [1.29, 1.82) is 0 Å². The molecule has 1 heteroatoms. The Labute approximate surface area is 59.5 Å². The number of rotatable bonds is 3. The van der Waals surface area contributed by atoms with Gasteiger partial charge in [-0.15, -0.1) is 0 Å². The van der Waals surface area contributed by atoms with E-state index in [9.17, 15) is 4.79 Å². The molecule has 0 aromatic rings. The predicted molar refractivity (Wildman–Crippen MR) is 43.6 cm³/mol. The van der Waals surface area contributed by atoms with Gasteiger partial charge in [-0.2, -0.15) is 0 Å². The van der Waals surface area contributed by atoms with Gasteiger partial charge in [0.25, 0.3) is 0 Å². The standard InChI is InChI=1S/C6H12O.2CH4/c1-3-6(4-2)5-7;;/h5-6H,3-4H2,1-2H3;2*1H4. The van der Waals surface area contributed by atoms with Gasteiger partial charge in [-0.25, -0.2) is 0 Å². The summed E-state index contributed by atoms with van der Waals surface area (Å²) in [5.74, 6) is 0.306. The fraction of sp³-hybridized carbons (Fsp3) is 0.875. The molecule has 0 aliphatic carbocycles. The van der Waals surface area contributed by atoms with Gasteiger partial charge in [0, 0.05) is 5.92 Å². The van der Waals surface area contributed by atoms with E-state index in [2.05, 4.69) is 0 Å². The highest BCUT2D eigenvalue weighted by Crippen LogP contribution is 2.01. The van der Waals surface area contributed by atoms with Crippen molar-refractivity contribution in [2.45, 2.75) is 41.5 Å². The minimum absolute atomic E-state index is 0. The van der Waals surface area contributed by atoms with Gasteiger partial charge in [0.05, 0.1) is 0 Å². The van der Waals surface area contributed by atoms with Crippen molar-refractivity contribution in [1.82, 2.24) is 0 Å². The Morgan fingerprint density at radius 2 is 1.56 bits per heavy atom. The minimum atomic E-state index is 0. The summed E-state index contributed by atoms with van der Waals surface area (Å²) in [6.45, 7) is 4.06. The van der Waals surface area contributed by atoms with E-state index in [0.717, 1.165) is 19.1 Å². The topological polar surface area (TPSA) is 17.1 Å². The molecule has 0 atom stereocenters. The number of carbonyl (C=O) groups is 1. The van der Waals surface area contributed by atoms with E-state index in [1.165, 1.54) is 0 Å². The van der Waals surface area contributed by atoms with E-state index in [4.69, 9.17) is 0 Å². The lowest BCUT2D eigenvalue weighted by Gasteiger charge is -1.97. The first-order valence-electron chi connectivity index (χ1n) is 2.80. The highest BCUT2D eigenvalue weighted by molar-refractivity contribution is 5.52. The zero-order valence-corrected chi connectivity index (χ0v) is 4.98. The average molecular weight is 132 g/mol. The van der Waals surface area contributed by atoms with Crippen LogP contribution in [0, 0.1) is 5.92 Å². The van der Waals surface area contributed by atoms with E-state index in [0.29, 0.717) is 5.92 Å². The van der Waals surface area contributed by atoms with Crippen molar-refractivity contribution in [3.05, 3.63) is 0 Å². The van der Waals surface area contributed by atoms with Crippen molar-refractivity contribution in [2.24, 2.45) is 5.92 Å². The molecule has 0 amide bonds. The predicted octanol–water partition coefficient (Wildman–Crippen LogP) is 2.89. The first kappa shape index (κ1) is 15.9. The highest BCUT2D eigenvalue weighted by Gasteiger charge is 1.96. The smallest absolute Gasteiger partial charge is 0.123 e. The third kappa shape index (κ3) is 7.67. The lowest BCUT2D eigenvalue weighted by atomic mass is 10.1. The summed E-state index contributed by atoms with van der Waals surface area (Å²) in [6.07, 6.45) is 3.00. The monoisotopic (exact) mass is 132 g/mol. The van der Waals surface area contributed by atoms with E-state index in [1.54, 1.807) is 0 Å². The SMILES string of the molecule is C.C.CCC(C=O)CC. The number of hydrogen-bond donors (Lipinski definition) is 0. The van der Waals surface area contributed by atoms with Gasteiger partial charge < -0.3 is 4.79 Å². The molecular formula is C8H20O. The Hall–Kier alpha value is -0.330. The first-order chi connectivity index (χ1) is 3.35. The summed E-state index contributed by atoms with van der Waals surface area (Å²) in [7, 11) is 0. The van der Waals surface area contributed by atoms with Gasteiger partial charge in [-0.1, -0.05) is 28.7 Å². The third-order valence-electron chi connectivity index (χ3n) is 1.24. The molecule has 0 aliphatic rings. The Balaban J connectivity index is -0.000000180. The van der Waals surface area contributed by atoms with E-state index < -0.39 is 0 Å². The maximum atomic E-state index is 9.97. The summed E-state index contributed by atoms with van der Waals surface area (Å²) in [5, 5.41) is 0. The Bertz CT molecular complexity index is 46.5. The second-order valence-electron chi connectivity index (χ2n) is 1.71. The van der Waals surface area contributed by atoms with E-state index in [1.807, 2.05) is 13.8 Å². The van der Waals surface area contributed by atoms with E-state index in [-0.39, 0.29) is 14.9 Å². The molecule has 0 aromatic heterocycles. The largest absolute Gasteiger partial charge is 0.303 e. The Kier molecular flexibility index (Phi) is 18.7. The Morgan fingerprint density at radius 1 is 1.22 bits per heavy atom. The fourth-order valence-electron chi connectivity index (χ4n) is 0.481. The number of carbonyl (C=O) groups excluding carboxylic acids is 1. The molecule has 0 aromatic carbocycles. The van der Waals surface area contributed by atoms with Gasteiger partial charge in [0.1, 0.15) is 6.29 Å². The molecule has 0 N–H and O–H groups in total. The van der Waals surface area contributed by atoms with Gasteiger partial charge in [0.15, 0.2) is 0 Å². The molecule has 1 nitrogen and oxygen atoms in total. The summed E-state index contributed by atoms with van der Waals surface area (Å²) in [5.41, 5.74) is 0. The molecule has 0 rings (SSSR count). The van der Waals surface area contributed by atoms with Gasteiger partial charge in [-0.05, 0) is 12.8 Å². The summed E-state index contributed by atoms with van der Waals surface area (Å²) in [4.78, 5) is 9.97. The first-order valence-corrected chi connectivity index (χ1v) is 2.80. The molecule has 0 fully saturated rings. The van der Waals surface area contributed by atoms with Crippen LogP contribution >= 0.6 is 0 Å². The maximum Gasteiger partial charge on any atom is 0.123 e. The molecule has 0 aliphatic heterocycles. The maximum absolute atomic E-state index is 9.97. The Morgan fingerprint density at radius 3 is 1.56 bits per heavy atom. The van der Waals surface area contributed by atoms with Crippen LogP contribution in [0.3, 0.4) is 0 Å². The average Bonchev–Trinajstić information content (AvgIpc) is 1.72. The lowest BCUT2D eigenvalue weighted by Crippen LogP contribution is -1.95. The van der Waals surface area contributed by atoms with Crippen molar-refractivity contribution in [2.75, 3.05) is 0 Å². The van der Waals surface area contributed by atoms with Crippen LogP contribution in [0.1, 0.15) is 41.5 Å². The molecule has 58 valence electrons. The molecule has 0 radical (unpaired) electrons. The summed E-state index contributed by atoms with van der Waals surface area (Å²) >= 11 is 0. The van der Waals surface area contributed by atoms with Crippen LogP contribution in [0.2, 0.25) is 0 Å². The van der Waals surface area contributed by atoms with Gasteiger partial charge in [-0.3, -0.25) is 0 Å². The highest BCUT2D eigenvalue weighted by atomic mass is 16.1. The molecule has 0 heterocycles. The van der Waals surface area contributed by atoms with Gasteiger partial charge >= 0.3 is 0 Å². The minimum Gasteiger partial charge on any atom is -0.303 e. The molecule has 0 bridgehead atoms. The molecule has 0 spiro atoms. The lowest BCUT2D eigenvalue weighted by molar-refractivity contribution is -0.111. The fourth-order valence-corrected chi connectivity index (χ4v) is 0.481. The second kappa shape index (κ2) is 10.6. The summed E-state index contributed by atoms with van der Waals surface area (Å²) < 4.78 is 0. The molecule has 0 unspecified atom stereocenters. The van der Waals surface area contributed by atoms with Crippen LogP contribution in [0.5, 0.6) is 0 Å². The second-order valence-corrected chi connectivity index (χ2v) is 1.71. The van der Waals surface area contributed by atoms with Crippen LogP contribution < -0.4 is 0 Å². The van der Waals surface area contributed by atoms with Crippen LogP contribution in [-0.4, -0.2) is 6.29 Å². The molecular weight excluding hydrogens is 112 g/mol. The van der Waals surface area contributed by atoms with Crippen LogP contribution in [0.15, 0.2) is 0 Å². The van der Waals surface area contributed by atoms with Crippen LogP contribution in [0.25, 0.3) is 0 Å². The zero-order valence-electron chi connectivity index (χ0n) is 4.98. The number of hydrogen-bond acceptors (Lipinski definition) is 1. The van der Waals surface area contributed by atoms with Crippen LogP contribution in [-0.2, 0) is 4.79 Å². The zero-order chi connectivity index (χ0) is 5.70. The van der Waals surface area contributed by atoms with E-state index >= 15 is 0 Å². The van der Waals surface area contributed by atoms with Crippen molar-refractivity contribution < 1.29 is 4.79 Å².